The number of amides is 1. The average Bonchev–Trinajstić information content (AvgIpc) is 3.22. The van der Waals surface area contributed by atoms with Gasteiger partial charge in [0, 0.05) is 17.5 Å². The molecule has 1 amide bonds. The number of anilines is 1. The number of hydrogen-bond acceptors (Lipinski definition) is 4. The van der Waals surface area contributed by atoms with E-state index in [4.69, 9.17) is 23.2 Å². The standard InChI is InChI=1S/C24H15Cl2N3OS/c25-21-10-4-8-17(22(21)26)12-19-14-28-24(31-19)29-23(30)18(13-27)11-16-7-3-6-15-5-1-2-9-20(15)16/h1-11,14H,12H2,(H,28,29,30)/b18-11+. The van der Waals surface area contributed by atoms with Gasteiger partial charge in [0.05, 0.1) is 10.0 Å². The SMILES string of the molecule is N#C/C(=C\c1cccc2ccccc12)C(=O)Nc1ncc(Cc2cccc(Cl)c2Cl)s1. The van der Waals surface area contributed by atoms with E-state index < -0.39 is 5.91 Å². The molecule has 0 atom stereocenters. The summed E-state index contributed by atoms with van der Waals surface area (Å²) < 4.78 is 0. The second kappa shape index (κ2) is 9.32. The third-order valence-corrected chi connectivity index (χ3v) is 6.43. The van der Waals surface area contributed by atoms with Crippen molar-refractivity contribution in [3.63, 3.8) is 0 Å². The molecule has 0 unspecified atom stereocenters. The molecule has 4 rings (SSSR count). The normalized spacial score (nSPS) is 11.3. The maximum atomic E-state index is 12.7. The number of rotatable bonds is 5. The highest BCUT2D eigenvalue weighted by Crippen LogP contribution is 2.29. The van der Waals surface area contributed by atoms with Gasteiger partial charge in [-0.2, -0.15) is 5.26 Å². The van der Waals surface area contributed by atoms with Crippen LogP contribution in [0.25, 0.3) is 16.8 Å². The van der Waals surface area contributed by atoms with E-state index in [0.717, 1.165) is 26.8 Å². The fraction of sp³-hybridized carbons (Fsp3) is 0.0417. The van der Waals surface area contributed by atoms with E-state index in [9.17, 15) is 10.1 Å². The zero-order valence-corrected chi connectivity index (χ0v) is 18.4. The molecule has 31 heavy (non-hydrogen) atoms. The lowest BCUT2D eigenvalue weighted by Gasteiger charge is -2.04. The molecule has 0 aliphatic carbocycles. The molecule has 1 aromatic heterocycles. The molecule has 0 bridgehead atoms. The summed E-state index contributed by atoms with van der Waals surface area (Å²) in [7, 11) is 0. The Morgan fingerprint density at radius 1 is 1.10 bits per heavy atom. The molecule has 7 heteroatoms. The lowest BCUT2D eigenvalue weighted by molar-refractivity contribution is -0.112. The average molecular weight is 464 g/mol. The first-order valence-electron chi connectivity index (χ1n) is 9.33. The molecule has 0 radical (unpaired) electrons. The Hall–Kier alpha value is -3.17. The number of thiazole rings is 1. The van der Waals surface area contributed by atoms with Crippen LogP contribution in [0, 0.1) is 11.3 Å². The lowest BCUT2D eigenvalue weighted by atomic mass is 10.0. The Balaban J connectivity index is 1.53. The molecule has 0 saturated heterocycles. The maximum absolute atomic E-state index is 12.7. The number of nitriles is 1. The molecule has 1 N–H and O–H groups in total. The number of benzene rings is 3. The van der Waals surface area contributed by atoms with Gasteiger partial charge in [0.25, 0.3) is 5.91 Å². The first kappa shape index (κ1) is 21.1. The van der Waals surface area contributed by atoms with Gasteiger partial charge in [-0.1, -0.05) is 77.8 Å². The Kier molecular flexibility index (Phi) is 6.34. The molecule has 0 spiro atoms. The molecular formula is C24H15Cl2N3OS. The third kappa shape index (κ3) is 4.78. The molecular weight excluding hydrogens is 449 g/mol. The highest BCUT2D eigenvalue weighted by molar-refractivity contribution is 7.15. The molecule has 0 aliphatic rings. The minimum absolute atomic E-state index is 0.00555. The number of aromatic nitrogens is 1. The fourth-order valence-electron chi connectivity index (χ4n) is 3.16. The van der Waals surface area contributed by atoms with Crippen LogP contribution in [0.3, 0.4) is 0 Å². The van der Waals surface area contributed by atoms with E-state index in [2.05, 4.69) is 10.3 Å². The van der Waals surface area contributed by atoms with Gasteiger partial charge in [0.15, 0.2) is 5.13 Å². The number of fused-ring (bicyclic) bond motifs is 1. The summed E-state index contributed by atoms with van der Waals surface area (Å²) >= 11 is 13.6. The summed E-state index contributed by atoms with van der Waals surface area (Å²) in [5.74, 6) is -0.503. The number of hydrogen-bond donors (Lipinski definition) is 1. The van der Waals surface area contributed by atoms with Crippen LogP contribution in [0.4, 0.5) is 5.13 Å². The zero-order chi connectivity index (χ0) is 21.8. The van der Waals surface area contributed by atoms with Crippen LogP contribution in [-0.2, 0) is 11.2 Å². The molecule has 1 heterocycles. The van der Waals surface area contributed by atoms with Gasteiger partial charge in [-0.15, -0.1) is 11.3 Å². The monoisotopic (exact) mass is 463 g/mol. The molecule has 152 valence electrons. The molecule has 0 aliphatic heterocycles. The van der Waals surface area contributed by atoms with Crippen molar-refractivity contribution in [1.82, 2.24) is 4.98 Å². The van der Waals surface area contributed by atoms with Gasteiger partial charge >= 0.3 is 0 Å². The van der Waals surface area contributed by atoms with Gasteiger partial charge in [-0.3, -0.25) is 10.1 Å². The second-order valence-electron chi connectivity index (χ2n) is 6.71. The summed E-state index contributed by atoms with van der Waals surface area (Å²) in [5, 5.41) is 15.7. The Morgan fingerprint density at radius 3 is 2.71 bits per heavy atom. The van der Waals surface area contributed by atoms with Crippen LogP contribution in [0.1, 0.15) is 16.0 Å². The van der Waals surface area contributed by atoms with Crippen molar-refractivity contribution < 1.29 is 4.79 Å². The predicted molar refractivity (Wildman–Crippen MR) is 128 cm³/mol. The summed E-state index contributed by atoms with van der Waals surface area (Å²) in [4.78, 5) is 17.8. The number of halogens is 2. The topological polar surface area (TPSA) is 65.8 Å². The van der Waals surface area contributed by atoms with E-state index in [1.807, 2.05) is 60.7 Å². The Morgan fingerprint density at radius 2 is 1.87 bits per heavy atom. The number of nitrogens with one attached hydrogen (secondary N) is 1. The minimum atomic E-state index is -0.503. The van der Waals surface area contributed by atoms with Crippen molar-refractivity contribution in [2.45, 2.75) is 6.42 Å². The van der Waals surface area contributed by atoms with Gasteiger partial charge in [-0.05, 0) is 34.0 Å². The summed E-state index contributed by atoms with van der Waals surface area (Å²) in [6.45, 7) is 0. The molecule has 0 saturated carbocycles. The van der Waals surface area contributed by atoms with E-state index >= 15 is 0 Å². The minimum Gasteiger partial charge on any atom is -0.297 e. The highest BCUT2D eigenvalue weighted by Gasteiger charge is 2.14. The second-order valence-corrected chi connectivity index (χ2v) is 8.61. The predicted octanol–water partition coefficient (Wildman–Crippen LogP) is 6.74. The van der Waals surface area contributed by atoms with Crippen LogP contribution in [0.15, 0.2) is 72.4 Å². The smallest absolute Gasteiger partial charge is 0.268 e. The maximum Gasteiger partial charge on any atom is 0.268 e. The van der Waals surface area contributed by atoms with Crippen LogP contribution < -0.4 is 5.32 Å². The molecule has 3 aromatic carbocycles. The lowest BCUT2D eigenvalue weighted by Crippen LogP contribution is -2.13. The first-order valence-corrected chi connectivity index (χ1v) is 10.9. The summed E-state index contributed by atoms with van der Waals surface area (Å²) in [6, 6.07) is 21.0. The molecule has 4 aromatic rings. The van der Waals surface area contributed by atoms with Gasteiger partial charge < -0.3 is 0 Å². The van der Waals surface area contributed by atoms with E-state index in [1.165, 1.54) is 11.3 Å². The molecule has 0 fully saturated rings. The van der Waals surface area contributed by atoms with Crippen LogP contribution in [-0.4, -0.2) is 10.9 Å². The first-order chi connectivity index (χ1) is 15.0. The van der Waals surface area contributed by atoms with Crippen LogP contribution >= 0.6 is 34.5 Å². The van der Waals surface area contributed by atoms with Crippen LogP contribution in [0.2, 0.25) is 10.0 Å². The summed E-state index contributed by atoms with van der Waals surface area (Å²) in [5.41, 5.74) is 1.69. The Labute approximate surface area is 193 Å². The van der Waals surface area contributed by atoms with Crippen LogP contribution in [0.5, 0.6) is 0 Å². The van der Waals surface area contributed by atoms with Gasteiger partial charge in [-0.25, -0.2) is 4.98 Å². The van der Waals surface area contributed by atoms with E-state index in [-0.39, 0.29) is 5.57 Å². The summed E-state index contributed by atoms with van der Waals surface area (Å²) in [6.07, 6.45) is 3.82. The fourth-order valence-corrected chi connectivity index (χ4v) is 4.38. The largest absolute Gasteiger partial charge is 0.297 e. The van der Waals surface area contributed by atoms with Crippen molar-refractivity contribution in [2.75, 3.05) is 5.32 Å². The zero-order valence-electron chi connectivity index (χ0n) is 16.1. The van der Waals surface area contributed by atoms with Crippen molar-refractivity contribution >= 4 is 62.4 Å². The Bertz CT molecular complexity index is 1350. The van der Waals surface area contributed by atoms with Crippen molar-refractivity contribution in [1.29, 1.82) is 5.26 Å². The number of nitrogens with zero attached hydrogens (tertiary/aromatic N) is 2. The van der Waals surface area contributed by atoms with E-state index in [1.54, 1.807) is 18.3 Å². The van der Waals surface area contributed by atoms with Crippen molar-refractivity contribution in [3.8, 4) is 6.07 Å². The van der Waals surface area contributed by atoms with Gasteiger partial charge in [0.1, 0.15) is 11.6 Å². The van der Waals surface area contributed by atoms with Crippen molar-refractivity contribution in [2.24, 2.45) is 0 Å². The van der Waals surface area contributed by atoms with Crippen molar-refractivity contribution in [3.05, 3.63) is 98.5 Å². The molecule has 4 nitrogen and oxygen atoms in total. The van der Waals surface area contributed by atoms with Gasteiger partial charge in [0.2, 0.25) is 0 Å². The third-order valence-electron chi connectivity index (χ3n) is 4.66. The number of carbonyl (C=O) groups excluding carboxylic acids is 1. The number of carbonyl (C=O) groups is 1. The van der Waals surface area contributed by atoms with E-state index in [0.29, 0.717) is 21.6 Å². The quantitative estimate of drug-likeness (QED) is 0.263. The highest BCUT2D eigenvalue weighted by atomic mass is 35.5.